The molecule has 5 nitrogen and oxygen atoms in total. The number of rotatable bonds is 3. The van der Waals surface area contributed by atoms with Gasteiger partial charge < -0.3 is 5.32 Å². The van der Waals surface area contributed by atoms with Crippen molar-refractivity contribution in [3.8, 4) is 0 Å². The van der Waals surface area contributed by atoms with Gasteiger partial charge in [-0.05, 0) is 23.6 Å². The van der Waals surface area contributed by atoms with Crippen LogP contribution in [-0.4, -0.2) is 38.3 Å². The summed E-state index contributed by atoms with van der Waals surface area (Å²) in [4.78, 5) is 11.5. The van der Waals surface area contributed by atoms with Crippen LogP contribution in [-0.2, 0) is 14.8 Å². The average molecular weight is 282 g/mol. The van der Waals surface area contributed by atoms with Crippen molar-refractivity contribution in [1.82, 2.24) is 9.62 Å². The number of sulfonamides is 1. The number of piperazine rings is 1. The monoisotopic (exact) mass is 282 g/mol. The van der Waals surface area contributed by atoms with Crippen LogP contribution in [0.3, 0.4) is 0 Å². The highest BCUT2D eigenvalue weighted by Crippen LogP contribution is 2.20. The van der Waals surface area contributed by atoms with Crippen molar-refractivity contribution in [2.24, 2.45) is 0 Å². The van der Waals surface area contributed by atoms with Crippen molar-refractivity contribution in [1.29, 1.82) is 0 Å². The molecule has 0 bridgehead atoms. The Labute approximate surface area is 113 Å². The van der Waals surface area contributed by atoms with E-state index in [1.807, 2.05) is 12.1 Å². The second-order valence-electron chi connectivity index (χ2n) is 4.91. The Morgan fingerprint density at radius 2 is 1.84 bits per heavy atom. The van der Waals surface area contributed by atoms with Gasteiger partial charge in [-0.3, -0.25) is 4.79 Å². The molecule has 0 unspecified atom stereocenters. The lowest BCUT2D eigenvalue weighted by molar-refractivity contribution is -0.122. The first kappa shape index (κ1) is 14.0. The van der Waals surface area contributed by atoms with Gasteiger partial charge in [0, 0.05) is 13.1 Å². The molecule has 0 aliphatic carbocycles. The number of hydrogen-bond donors (Lipinski definition) is 1. The van der Waals surface area contributed by atoms with Gasteiger partial charge in [0.05, 0.1) is 11.4 Å². The van der Waals surface area contributed by atoms with Crippen LogP contribution in [0, 0.1) is 0 Å². The molecule has 1 aliphatic rings. The standard InChI is InChI=1S/C13H18N2O3S/c1-10(2)11-3-5-12(6-4-11)19(17,18)15-8-7-14-13(16)9-15/h3-6,10H,7-9H2,1-2H3,(H,14,16). The van der Waals surface area contributed by atoms with Crippen LogP contribution in [0.25, 0.3) is 0 Å². The van der Waals surface area contributed by atoms with Crippen LogP contribution in [0.15, 0.2) is 29.2 Å². The fourth-order valence-electron chi connectivity index (χ4n) is 1.99. The number of hydrogen-bond acceptors (Lipinski definition) is 3. The van der Waals surface area contributed by atoms with E-state index in [-0.39, 0.29) is 17.3 Å². The zero-order valence-corrected chi connectivity index (χ0v) is 11.9. The van der Waals surface area contributed by atoms with Crippen LogP contribution in [0.4, 0.5) is 0 Å². The van der Waals surface area contributed by atoms with Crippen LogP contribution in [0.2, 0.25) is 0 Å². The minimum atomic E-state index is -3.56. The van der Waals surface area contributed by atoms with Crippen LogP contribution < -0.4 is 5.32 Å². The van der Waals surface area contributed by atoms with Crippen molar-refractivity contribution in [2.75, 3.05) is 19.6 Å². The third-order valence-electron chi connectivity index (χ3n) is 3.19. The zero-order valence-electron chi connectivity index (χ0n) is 11.1. The minimum Gasteiger partial charge on any atom is -0.354 e. The van der Waals surface area contributed by atoms with E-state index in [2.05, 4.69) is 19.2 Å². The Balaban J connectivity index is 2.26. The molecular weight excluding hydrogens is 264 g/mol. The van der Waals surface area contributed by atoms with Crippen LogP contribution in [0.1, 0.15) is 25.3 Å². The predicted molar refractivity (Wildman–Crippen MR) is 72.3 cm³/mol. The Morgan fingerprint density at radius 1 is 1.21 bits per heavy atom. The number of nitrogens with one attached hydrogen (secondary N) is 1. The van der Waals surface area contributed by atoms with E-state index in [9.17, 15) is 13.2 Å². The average Bonchev–Trinajstić information content (AvgIpc) is 2.39. The molecule has 6 heteroatoms. The number of nitrogens with zero attached hydrogens (tertiary/aromatic N) is 1. The van der Waals surface area contributed by atoms with Crippen LogP contribution in [0.5, 0.6) is 0 Å². The quantitative estimate of drug-likeness (QED) is 0.897. The zero-order chi connectivity index (χ0) is 14.0. The summed E-state index contributed by atoms with van der Waals surface area (Å²) in [7, 11) is -3.56. The molecule has 1 aliphatic heterocycles. The van der Waals surface area contributed by atoms with Gasteiger partial charge >= 0.3 is 0 Å². The molecule has 1 aromatic carbocycles. The van der Waals surface area contributed by atoms with E-state index >= 15 is 0 Å². The van der Waals surface area contributed by atoms with Crippen molar-refractivity contribution < 1.29 is 13.2 Å². The molecule has 1 heterocycles. The van der Waals surface area contributed by atoms with Crippen LogP contribution >= 0.6 is 0 Å². The SMILES string of the molecule is CC(C)c1ccc(S(=O)(=O)N2CCNC(=O)C2)cc1. The number of carbonyl (C=O) groups is 1. The summed E-state index contributed by atoms with van der Waals surface area (Å²) >= 11 is 0. The van der Waals surface area contributed by atoms with Crippen molar-refractivity contribution >= 4 is 15.9 Å². The van der Waals surface area contributed by atoms with Gasteiger partial charge in [-0.2, -0.15) is 4.31 Å². The van der Waals surface area contributed by atoms with Gasteiger partial charge in [-0.15, -0.1) is 0 Å². The maximum absolute atomic E-state index is 12.4. The summed E-state index contributed by atoms with van der Waals surface area (Å²) in [6.45, 7) is 4.69. The Bertz CT molecular complexity index is 564. The number of benzene rings is 1. The smallest absolute Gasteiger partial charge is 0.243 e. The minimum absolute atomic E-state index is 0.103. The second-order valence-corrected chi connectivity index (χ2v) is 6.85. The van der Waals surface area contributed by atoms with Gasteiger partial charge in [0.15, 0.2) is 0 Å². The Morgan fingerprint density at radius 3 is 2.37 bits per heavy atom. The maximum Gasteiger partial charge on any atom is 0.243 e. The van der Waals surface area contributed by atoms with Gasteiger partial charge in [0.1, 0.15) is 0 Å². The molecule has 1 N–H and O–H groups in total. The van der Waals surface area contributed by atoms with Gasteiger partial charge in [0.2, 0.25) is 15.9 Å². The molecule has 0 saturated carbocycles. The lowest BCUT2D eigenvalue weighted by Crippen LogP contribution is -2.49. The van der Waals surface area contributed by atoms with Gasteiger partial charge in [-0.25, -0.2) is 8.42 Å². The molecule has 1 aromatic rings. The fraction of sp³-hybridized carbons (Fsp3) is 0.462. The summed E-state index contributed by atoms with van der Waals surface area (Å²) < 4.78 is 25.9. The third kappa shape index (κ3) is 2.96. The van der Waals surface area contributed by atoms with Crippen molar-refractivity contribution in [3.05, 3.63) is 29.8 Å². The highest BCUT2D eigenvalue weighted by molar-refractivity contribution is 7.89. The van der Waals surface area contributed by atoms with E-state index in [1.54, 1.807) is 12.1 Å². The first-order chi connectivity index (χ1) is 8.91. The normalized spacial score (nSPS) is 17.5. The predicted octanol–water partition coefficient (Wildman–Crippen LogP) is 0.930. The highest BCUT2D eigenvalue weighted by Gasteiger charge is 2.28. The summed E-state index contributed by atoms with van der Waals surface area (Å²) in [6, 6.07) is 6.86. The molecular formula is C13H18N2O3S. The molecule has 2 rings (SSSR count). The van der Waals surface area contributed by atoms with Crippen molar-refractivity contribution in [2.45, 2.75) is 24.7 Å². The summed E-state index contributed by atoms with van der Waals surface area (Å²) in [5, 5.41) is 2.61. The lowest BCUT2D eigenvalue weighted by atomic mass is 10.0. The van der Waals surface area contributed by atoms with Gasteiger partial charge in [-0.1, -0.05) is 26.0 Å². The van der Waals surface area contributed by atoms with E-state index in [0.717, 1.165) is 5.56 Å². The Kier molecular flexibility index (Phi) is 3.91. The third-order valence-corrected chi connectivity index (χ3v) is 5.05. The Hall–Kier alpha value is -1.40. The molecule has 0 spiro atoms. The molecule has 0 atom stereocenters. The summed E-state index contributed by atoms with van der Waals surface area (Å²) in [5.74, 6) is 0.103. The fourth-order valence-corrected chi connectivity index (χ4v) is 3.39. The first-order valence-corrected chi connectivity index (χ1v) is 7.72. The molecule has 1 saturated heterocycles. The van der Waals surface area contributed by atoms with E-state index < -0.39 is 10.0 Å². The number of carbonyl (C=O) groups excluding carboxylic acids is 1. The van der Waals surface area contributed by atoms with E-state index in [1.165, 1.54) is 4.31 Å². The molecule has 19 heavy (non-hydrogen) atoms. The molecule has 104 valence electrons. The van der Waals surface area contributed by atoms with E-state index in [4.69, 9.17) is 0 Å². The first-order valence-electron chi connectivity index (χ1n) is 6.28. The highest BCUT2D eigenvalue weighted by atomic mass is 32.2. The number of amides is 1. The topological polar surface area (TPSA) is 66.5 Å². The molecule has 1 fully saturated rings. The summed E-state index contributed by atoms with van der Waals surface area (Å²) in [5.41, 5.74) is 1.09. The van der Waals surface area contributed by atoms with E-state index in [0.29, 0.717) is 19.0 Å². The second kappa shape index (κ2) is 5.30. The molecule has 0 aromatic heterocycles. The van der Waals surface area contributed by atoms with Crippen molar-refractivity contribution in [3.63, 3.8) is 0 Å². The lowest BCUT2D eigenvalue weighted by Gasteiger charge is -2.26. The van der Waals surface area contributed by atoms with Gasteiger partial charge in [0.25, 0.3) is 0 Å². The molecule has 1 amide bonds. The summed E-state index contributed by atoms with van der Waals surface area (Å²) in [6.07, 6.45) is 0. The molecule has 0 radical (unpaired) electrons. The maximum atomic E-state index is 12.4. The largest absolute Gasteiger partial charge is 0.354 e.